The van der Waals surface area contributed by atoms with Crippen molar-refractivity contribution in [3.05, 3.63) is 59.2 Å². The number of nitrogens with one attached hydrogen (secondary N) is 1. The van der Waals surface area contributed by atoms with Crippen molar-refractivity contribution in [2.24, 2.45) is 5.92 Å². The normalized spacial score (nSPS) is 30.2. The molecule has 4 nitrogen and oxygen atoms in total. The molecule has 1 aliphatic carbocycles. The summed E-state index contributed by atoms with van der Waals surface area (Å²) in [5.74, 6) is -0.394. The van der Waals surface area contributed by atoms with Gasteiger partial charge in [0.25, 0.3) is 0 Å². The van der Waals surface area contributed by atoms with Gasteiger partial charge in [-0.25, -0.2) is 0 Å². The van der Waals surface area contributed by atoms with Gasteiger partial charge in [0.15, 0.2) is 5.78 Å². The fraction of sp³-hybridized carbons (Fsp3) is 0.333. The van der Waals surface area contributed by atoms with Crippen LogP contribution in [0.1, 0.15) is 10.4 Å². The molecule has 24 heavy (non-hydrogen) atoms. The van der Waals surface area contributed by atoms with E-state index in [2.05, 4.69) is 5.32 Å². The predicted octanol–water partition coefficient (Wildman–Crippen LogP) is 2.58. The monoisotopic (exact) mass is 363 g/mol. The minimum atomic E-state index is -0.914. The third-order valence-corrected chi connectivity index (χ3v) is 5.05. The average molecular weight is 364 g/mol. The first-order chi connectivity index (χ1) is 11.5. The van der Waals surface area contributed by atoms with Crippen molar-refractivity contribution in [1.82, 2.24) is 10.2 Å². The second kappa shape index (κ2) is 7.19. The van der Waals surface area contributed by atoms with E-state index in [4.69, 9.17) is 23.2 Å². The van der Waals surface area contributed by atoms with E-state index in [-0.39, 0.29) is 11.7 Å². The van der Waals surface area contributed by atoms with Crippen LogP contribution in [0.15, 0.2) is 48.6 Å². The summed E-state index contributed by atoms with van der Waals surface area (Å²) in [6.07, 6.45) is 8.87. The number of carbonyl (C=O) groups excluding carboxylic acids is 2. The molecule has 0 spiro atoms. The summed E-state index contributed by atoms with van der Waals surface area (Å²) in [7, 11) is 0. The molecule has 1 saturated heterocycles. The van der Waals surface area contributed by atoms with E-state index in [0.29, 0.717) is 23.7 Å². The minimum Gasteiger partial charge on any atom is -0.313 e. The van der Waals surface area contributed by atoms with Crippen LogP contribution < -0.4 is 5.32 Å². The molecule has 2 aliphatic rings. The van der Waals surface area contributed by atoms with Gasteiger partial charge in [-0.1, -0.05) is 35.4 Å². The first-order valence-electron chi connectivity index (χ1n) is 7.76. The summed E-state index contributed by atoms with van der Waals surface area (Å²) in [6.45, 7) is 1.88. The first kappa shape index (κ1) is 17.4. The fourth-order valence-electron chi connectivity index (χ4n) is 3.02. The van der Waals surface area contributed by atoms with Gasteiger partial charge in [-0.05, 0) is 36.4 Å². The molecule has 0 aromatic heterocycles. The van der Waals surface area contributed by atoms with E-state index in [9.17, 15) is 9.59 Å². The van der Waals surface area contributed by atoms with Gasteiger partial charge >= 0.3 is 0 Å². The van der Waals surface area contributed by atoms with Gasteiger partial charge in [-0.15, -0.1) is 0 Å². The number of carbonyl (C=O) groups is 1. The maximum absolute atomic E-state index is 12.9. The highest BCUT2D eigenvalue weighted by atomic mass is 35.5. The smallest absolute Gasteiger partial charge is 0.209 e. The molecule has 1 radical (unpaired) electrons. The summed E-state index contributed by atoms with van der Waals surface area (Å²) in [6, 6.07) is 6.46. The van der Waals surface area contributed by atoms with Crippen LogP contribution in [0.4, 0.5) is 0 Å². The third-order valence-electron chi connectivity index (χ3n) is 4.33. The molecule has 1 heterocycles. The molecular formula is C18H17Cl2N2O2. The van der Waals surface area contributed by atoms with Crippen LogP contribution >= 0.6 is 23.2 Å². The van der Waals surface area contributed by atoms with Gasteiger partial charge in [0, 0.05) is 30.2 Å². The lowest BCUT2D eigenvalue weighted by molar-refractivity contribution is 0.0712. The molecule has 0 bridgehead atoms. The van der Waals surface area contributed by atoms with E-state index in [1.54, 1.807) is 48.6 Å². The summed E-state index contributed by atoms with van der Waals surface area (Å²) in [5.41, 5.74) is 0.598. The third kappa shape index (κ3) is 3.47. The molecule has 1 atom stereocenters. The van der Waals surface area contributed by atoms with Crippen LogP contribution in [-0.2, 0) is 4.79 Å². The van der Waals surface area contributed by atoms with Crippen LogP contribution in [0.3, 0.4) is 0 Å². The topological polar surface area (TPSA) is 49.4 Å². The van der Waals surface area contributed by atoms with E-state index >= 15 is 0 Å². The molecule has 1 N–H and O–H groups in total. The van der Waals surface area contributed by atoms with Gasteiger partial charge in [-0.3, -0.25) is 14.5 Å². The SMILES string of the molecule is O=[C]C1C=CC(Cl)(N2CCNCC2C(=O)c2ccc(Cl)cc2)C=C1. The number of hydrogen-bond donors (Lipinski definition) is 1. The van der Waals surface area contributed by atoms with Gasteiger partial charge in [0.2, 0.25) is 6.29 Å². The number of Topliss-reactive ketones (excluding diaryl/α,β-unsaturated/α-hetero) is 1. The summed E-state index contributed by atoms with van der Waals surface area (Å²) >= 11 is 12.6. The van der Waals surface area contributed by atoms with Crippen LogP contribution in [0.25, 0.3) is 0 Å². The lowest BCUT2D eigenvalue weighted by atomic mass is 9.95. The van der Waals surface area contributed by atoms with Crippen molar-refractivity contribution in [2.45, 2.75) is 11.0 Å². The molecule has 1 aromatic carbocycles. The Morgan fingerprint density at radius 3 is 2.54 bits per heavy atom. The average Bonchev–Trinajstić information content (AvgIpc) is 2.62. The highest BCUT2D eigenvalue weighted by molar-refractivity contribution is 6.30. The van der Waals surface area contributed by atoms with E-state index in [1.165, 1.54) is 0 Å². The number of rotatable bonds is 4. The Morgan fingerprint density at radius 1 is 1.25 bits per heavy atom. The molecule has 3 rings (SSSR count). The lowest BCUT2D eigenvalue weighted by Gasteiger charge is -2.44. The molecule has 6 heteroatoms. The second-order valence-corrected chi connectivity index (χ2v) is 6.92. The van der Waals surface area contributed by atoms with Crippen molar-refractivity contribution in [3.63, 3.8) is 0 Å². The number of piperazine rings is 1. The lowest BCUT2D eigenvalue weighted by Crippen LogP contribution is -2.61. The maximum Gasteiger partial charge on any atom is 0.209 e. The van der Waals surface area contributed by atoms with Crippen molar-refractivity contribution in [3.8, 4) is 0 Å². The highest BCUT2D eigenvalue weighted by Crippen LogP contribution is 2.32. The van der Waals surface area contributed by atoms with Gasteiger partial charge in [-0.2, -0.15) is 0 Å². The molecular weight excluding hydrogens is 347 g/mol. The summed E-state index contributed by atoms with van der Waals surface area (Å²) in [4.78, 5) is 24.7. The molecule has 0 amide bonds. The number of hydrogen-bond acceptors (Lipinski definition) is 4. The minimum absolute atomic E-state index is 0.00948. The maximum atomic E-state index is 12.9. The number of allylic oxidation sites excluding steroid dienone is 2. The Morgan fingerprint density at radius 2 is 1.92 bits per heavy atom. The Balaban J connectivity index is 1.86. The summed E-state index contributed by atoms with van der Waals surface area (Å²) in [5, 5.41) is 3.84. The molecule has 1 unspecified atom stereocenters. The van der Waals surface area contributed by atoms with Crippen LogP contribution in [0.5, 0.6) is 0 Å². The van der Waals surface area contributed by atoms with Crippen LogP contribution in [0, 0.1) is 5.92 Å². The zero-order valence-electron chi connectivity index (χ0n) is 12.9. The summed E-state index contributed by atoms with van der Waals surface area (Å²) < 4.78 is 0. The first-order valence-corrected chi connectivity index (χ1v) is 8.51. The molecule has 0 saturated carbocycles. The standard InChI is InChI=1S/C18H17Cl2N2O2/c19-15-3-1-14(2-4-15)17(24)16-11-21-9-10-22(16)18(20)7-5-13(12-23)6-8-18/h1-8,13,16,21H,9-11H2. The molecule has 1 aliphatic heterocycles. The fourth-order valence-corrected chi connectivity index (χ4v) is 3.50. The number of halogens is 2. The quantitative estimate of drug-likeness (QED) is 0.386. The second-order valence-electron chi connectivity index (χ2n) is 5.87. The number of ketones is 1. The van der Waals surface area contributed by atoms with E-state index in [0.717, 1.165) is 6.54 Å². The predicted molar refractivity (Wildman–Crippen MR) is 95.2 cm³/mol. The number of benzene rings is 1. The van der Waals surface area contributed by atoms with Crippen LogP contribution in [-0.4, -0.2) is 47.6 Å². The van der Waals surface area contributed by atoms with Gasteiger partial charge in [0.05, 0.1) is 12.0 Å². The van der Waals surface area contributed by atoms with Crippen molar-refractivity contribution < 1.29 is 9.59 Å². The number of alkyl halides is 1. The van der Waals surface area contributed by atoms with Crippen molar-refractivity contribution >= 4 is 35.3 Å². The highest BCUT2D eigenvalue weighted by Gasteiger charge is 2.41. The van der Waals surface area contributed by atoms with Gasteiger partial charge in [0.1, 0.15) is 5.00 Å². The zero-order valence-corrected chi connectivity index (χ0v) is 14.4. The van der Waals surface area contributed by atoms with Crippen molar-refractivity contribution in [2.75, 3.05) is 19.6 Å². The Labute approximate surface area is 151 Å². The molecule has 1 fully saturated rings. The van der Waals surface area contributed by atoms with E-state index < -0.39 is 11.0 Å². The Hall–Kier alpha value is -1.46. The zero-order chi connectivity index (χ0) is 17.2. The van der Waals surface area contributed by atoms with Gasteiger partial charge < -0.3 is 5.32 Å². The molecule has 125 valence electrons. The van der Waals surface area contributed by atoms with E-state index in [1.807, 2.05) is 11.2 Å². The Bertz CT molecular complexity index is 671. The van der Waals surface area contributed by atoms with Crippen molar-refractivity contribution in [1.29, 1.82) is 0 Å². The largest absolute Gasteiger partial charge is 0.313 e. The molecule has 1 aromatic rings. The Kier molecular flexibility index (Phi) is 5.21. The van der Waals surface area contributed by atoms with Crippen LogP contribution in [0.2, 0.25) is 5.02 Å². The number of nitrogens with zero attached hydrogens (tertiary/aromatic N) is 1.